The highest BCUT2D eigenvalue weighted by molar-refractivity contribution is 5.88. The minimum absolute atomic E-state index is 0.0222. The number of carbonyl (C=O) groups excluding carboxylic acids is 1. The normalized spacial score (nSPS) is 22.1. The number of halogens is 3. The average molecular weight is 438 g/mol. The lowest BCUT2D eigenvalue weighted by atomic mass is 9.90. The number of hydrogen-bond donors (Lipinski definition) is 2. The number of alkyl halides is 3. The van der Waals surface area contributed by atoms with Crippen molar-refractivity contribution in [2.24, 2.45) is 0 Å². The van der Waals surface area contributed by atoms with Crippen molar-refractivity contribution in [3.05, 3.63) is 64.7 Å². The van der Waals surface area contributed by atoms with Gasteiger partial charge in [0, 0.05) is 6.42 Å². The van der Waals surface area contributed by atoms with Gasteiger partial charge in [0.25, 0.3) is 0 Å². The fraction of sp³-hybridized carbons (Fsp3) is 0.435. The zero-order valence-corrected chi connectivity index (χ0v) is 17.2. The number of aliphatic hydroxyl groups is 2. The van der Waals surface area contributed by atoms with Gasteiger partial charge in [0.2, 0.25) is 0 Å². The van der Waals surface area contributed by atoms with Crippen LogP contribution in [0.4, 0.5) is 13.2 Å². The first-order chi connectivity index (χ1) is 14.6. The van der Waals surface area contributed by atoms with E-state index in [0.717, 1.165) is 11.6 Å². The van der Waals surface area contributed by atoms with Gasteiger partial charge in [-0.15, -0.1) is 0 Å². The fourth-order valence-electron chi connectivity index (χ4n) is 3.62. The monoisotopic (exact) mass is 438 g/mol. The predicted molar refractivity (Wildman–Crippen MR) is 107 cm³/mol. The highest BCUT2D eigenvalue weighted by Gasteiger charge is 2.41. The van der Waals surface area contributed by atoms with Crippen molar-refractivity contribution in [2.45, 2.75) is 57.3 Å². The second kappa shape index (κ2) is 9.38. The van der Waals surface area contributed by atoms with Crippen LogP contribution in [0.25, 0.3) is 0 Å². The van der Waals surface area contributed by atoms with Crippen LogP contribution in [0.2, 0.25) is 0 Å². The second-order valence-corrected chi connectivity index (χ2v) is 7.86. The molecule has 0 saturated carbocycles. The SMILES string of the molecule is CC(C)Oc1ccc(Cc2ccc([C@H]3C[C@@H](O)C(=O)[C@@H](CO)O3)c(C(F)(F)F)c2)cc1. The summed E-state index contributed by atoms with van der Waals surface area (Å²) in [5, 5.41) is 19.2. The molecular formula is C23H25F3O5. The van der Waals surface area contributed by atoms with Gasteiger partial charge in [0.15, 0.2) is 5.78 Å². The molecule has 0 aromatic heterocycles. The molecule has 31 heavy (non-hydrogen) atoms. The van der Waals surface area contributed by atoms with Crippen LogP contribution in [0.1, 0.15) is 48.6 Å². The molecule has 1 aliphatic rings. The quantitative estimate of drug-likeness (QED) is 0.717. The minimum atomic E-state index is -4.65. The number of aliphatic hydroxyl groups excluding tert-OH is 2. The molecular weight excluding hydrogens is 413 g/mol. The van der Waals surface area contributed by atoms with Crippen molar-refractivity contribution in [2.75, 3.05) is 6.61 Å². The van der Waals surface area contributed by atoms with Gasteiger partial charge in [-0.05, 0) is 55.2 Å². The molecule has 0 aliphatic carbocycles. The third-order valence-corrected chi connectivity index (χ3v) is 5.05. The zero-order valence-electron chi connectivity index (χ0n) is 17.2. The Labute approximate surface area is 178 Å². The molecule has 0 amide bonds. The predicted octanol–water partition coefficient (Wildman–Crippen LogP) is 3.84. The zero-order chi connectivity index (χ0) is 22.8. The Morgan fingerprint density at radius 1 is 1.13 bits per heavy atom. The summed E-state index contributed by atoms with van der Waals surface area (Å²) in [6.45, 7) is 3.10. The van der Waals surface area contributed by atoms with Crippen molar-refractivity contribution in [1.29, 1.82) is 0 Å². The summed E-state index contributed by atoms with van der Waals surface area (Å²) < 4.78 is 52.3. The van der Waals surface area contributed by atoms with E-state index in [2.05, 4.69) is 0 Å². The van der Waals surface area contributed by atoms with Crippen LogP contribution in [-0.4, -0.2) is 40.9 Å². The lowest BCUT2D eigenvalue weighted by molar-refractivity contribution is -0.164. The summed E-state index contributed by atoms with van der Waals surface area (Å²) in [5.41, 5.74) is 0.238. The Morgan fingerprint density at radius 2 is 1.77 bits per heavy atom. The lowest BCUT2D eigenvalue weighted by Crippen LogP contribution is -2.43. The van der Waals surface area contributed by atoms with E-state index in [1.165, 1.54) is 6.07 Å². The van der Waals surface area contributed by atoms with Crippen molar-refractivity contribution < 1.29 is 37.7 Å². The Kier molecular flexibility index (Phi) is 7.03. The van der Waals surface area contributed by atoms with Crippen molar-refractivity contribution in [3.63, 3.8) is 0 Å². The van der Waals surface area contributed by atoms with E-state index in [1.54, 1.807) is 30.3 Å². The number of hydrogen-bond acceptors (Lipinski definition) is 5. The number of ether oxygens (including phenoxy) is 2. The first kappa shape index (κ1) is 23.2. The highest BCUT2D eigenvalue weighted by Crippen LogP contribution is 2.40. The van der Waals surface area contributed by atoms with Gasteiger partial charge in [0.05, 0.1) is 24.4 Å². The summed E-state index contributed by atoms with van der Waals surface area (Å²) in [7, 11) is 0. The van der Waals surface area contributed by atoms with Gasteiger partial charge in [-0.2, -0.15) is 13.2 Å². The van der Waals surface area contributed by atoms with Crippen LogP contribution < -0.4 is 4.74 Å². The molecule has 8 heteroatoms. The Balaban J connectivity index is 1.86. The fourth-order valence-corrected chi connectivity index (χ4v) is 3.62. The molecule has 168 valence electrons. The van der Waals surface area contributed by atoms with Gasteiger partial charge in [-0.3, -0.25) is 4.79 Å². The van der Waals surface area contributed by atoms with Crippen LogP contribution in [0.3, 0.4) is 0 Å². The Hall–Kier alpha value is -2.42. The van der Waals surface area contributed by atoms with Gasteiger partial charge in [0.1, 0.15) is 18.0 Å². The van der Waals surface area contributed by atoms with E-state index in [1.807, 2.05) is 13.8 Å². The van der Waals surface area contributed by atoms with Crippen molar-refractivity contribution >= 4 is 5.78 Å². The van der Waals surface area contributed by atoms with Gasteiger partial charge >= 0.3 is 6.18 Å². The number of rotatable bonds is 6. The summed E-state index contributed by atoms with van der Waals surface area (Å²) in [5.74, 6) is -0.0418. The highest BCUT2D eigenvalue weighted by atomic mass is 19.4. The molecule has 0 bridgehead atoms. The largest absolute Gasteiger partial charge is 0.491 e. The molecule has 1 aliphatic heterocycles. The number of ketones is 1. The molecule has 1 saturated heterocycles. The first-order valence-electron chi connectivity index (χ1n) is 10.0. The topological polar surface area (TPSA) is 76.0 Å². The molecule has 3 atom stereocenters. The molecule has 1 heterocycles. The van der Waals surface area contributed by atoms with E-state index in [-0.39, 0.29) is 24.5 Å². The summed E-state index contributed by atoms with van der Waals surface area (Å²) in [6.07, 6.45) is -8.61. The van der Waals surface area contributed by atoms with E-state index in [4.69, 9.17) is 9.47 Å². The lowest BCUT2D eigenvalue weighted by Gasteiger charge is -2.32. The smallest absolute Gasteiger partial charge is 0.416 e. The van der Waals surface area contributed by atoms with Crippen LogP contribution in [0.15, 0.2) is 42.5 Å². The number of benzene rings is 2. The van der Waals surface area contributed by atoms with E-state index in [9.17, 15) is 28.2 Å². The molecule has 1 fully saturated rings. The maximum Gasteiger partial charge on any atom is 0.416 e. The Bertz CT molecular complexity index is 908. The van der Waals surface area contributed by atoms with Crippen molar-refractivity contribution in [3.8, 4) is 5.75 Å². The van der Waals surface area contributed by atoms with Crippen molar-refractivity contribution in [1.82, 2.24) is 0 Å². The van der Waals surface area contributed by atoms with Crippen LogP contribution in [-0.2, 0) is 22.1 Å². The first-order valence-corrected chi connectivity index (χ1v) is 10.0. The van der Waals surface area contributed by atoms with Crippen LogP contribution in [0, 0.1) is 0 Å². The number of Topliss-reactive ketones (excluding diaryl/α,β-unsaturated/α-hetero) is 1. The van der Waals surface area contributed by atoms with Gasteiger partial charge in [-0.1, -0.05) is 24.3 Å². The second-order valence-electron chi connectivity index (χ2n) is 7.86. The average Bonchev–Trinajstić information content (AvgIpc) is 2.70. The summed E-state index contributed by atoms with van der Waals surface area (Å²) in [6, 6.07) is 11.1. The molecule has 3 rings (SSSR count). The molecule has 2 aromatic carbocycles. The third-order valence-electron chi connectivity index (χ3n) is 5.05. The maximum absolute atomic E-state index is 13.8. The maximum atomic E-state index is 13.8. The molecule has 0 radical (unpaired) electrons. The van der Waals surface area contributed by atoms with Gasteiger partial charge < -0.3 is 19.7 Å². The third kappa shape index (κ3) is 5.64. The standard InChI is InChI=1S/C23H25F3O5/c1-13(2)30-16-6-3-14(4-7-16)9-15-5-8-17(18(10-15)23(24,25)26)20-11-19(28)22(29)21(12-27)31-20/h3-8,10,13,19-21,27-28H,9,11-12H2,1-2H3/t19-,20-,21-/m1/s1. The Morgan fingerprint density at radius 3 is 2.35 bits per heavy atom. The van der Waals surface area contributed by atoms with E-state index >= 15 is 0 Å². The van der Waals surface area contributed by atoms with E-state index < -0.39 is 42.4 Å². The summed E-state index contributed by atoms with van der Waals surface area (Å²) in [4.78, 5) is 11.8. The van der Waals surface area contributed by atoms with Gasteiger partial charge in [-0.25, -0.2) is 0 Å². The number of carbonyl (C=O) groups is 1. The molecule has 0 unspecified atom stereocenters. The molecule has 2 N–H and O–H groups in total. The molecule has 0 spiro atoms. The van der Waals surface area contributed by atoms with Crippen LogP contribution >= 0.6 is 0 Å². The van der Waals surface area contributed by atoms with E-state index in [0.29, 0.717) is 11.3 Å². The molecule has 2 aromatic rings. The summed E-state index contributed by atoms with van der Waals surface area (Å²) >= 11 is 0. The van der Waals surface area contributed by atoms with Crippen LogP contribution in [0.5, 0.6) is 5.75 Å². The minimum Gasteiger partial charge on any atom is -0.491 e. The molecule has 5 nitrogen and oxygen atoms in total.